The van der Waals surface area contributed by atoms with E-state index in [9.17, 15) is 17.6 Å². The van der Waals surface area contributed by atoms with Crippen LogP contribution >= 0.6 is 0 Å². The molecule has 0 aliphatic carbocycles. The van der Waals surface area contributed by atoms with E-state index in [1.807, 2.05) is 0 Å². The third-order valence-electron chi connectivity index (χ3n) is 3.38. The van der Waals surface area contributed by atoms with Crippen LogP contribution in [0.2, 0.25) is 0 Å². The van der Waals surface area contributed by atoms with Gasteiger partial charge in [0.1, 0.15) is 0 Å². The molecule has 0 atom stereocenters. The number of carbonyl (C=O) groups is 1. The summed E-state index contributed by atoms with van der Waals surface area (Å²) in [5.74, 6) is -1.01. The smallest absolute Gasteiger partial charge is 0.224 e. The summed E-state index contributed by atoms with van der Waals surface area (Å²) in [5, 5.41) is 2.53. The lowest BCUT2D eigenvalue weighted by Crippen LogP contribution is -2.30. The van der Waals surface area contributed by atoms with Gasteiger partial charge in [-0.25, -0.2) is 12.8 Å². The number of methoxy groups -OCH3 is 1. The fourth-order valence-electron chi connectivity index (χ4n) is 2.14. The highest BCUT2D eigenvalue weighted by molar-refractivity contribution is 7.91. The number of carbonyl (C=O) groups excluding carboxylic acids is 1. The number of benzene rings is 2. The molecule has 0 saturated heterocycles. The van der Waals surface area contributed by atoms with Gasteiger partial charge in [0.15, 0.2) is 21.4 Å². The molecule has 5 nitrogen and oxygen atoms in total. The first-order valence-electron chi connectivity index (χ1n) is 7.29. The molecule has 0 saturated carbocycles. The number of sulfone groups is 1. The molecule has 0 aliphatic rings. The summed E-state index contributed by atoms with van der Waals surface area (Å²) in [6, 6.07) is 12.3. The van der Waals surface area contributed by atoms with Crippen molar-refractivity contribution >= 4 is 15.7 Å². The lowest BCUT2D eigenvalue weighted by molar-refractivity contribution is -0.120. The van der Waals surface area contributed by atoms with Crippen molar-refractivity contribution in [1.82, 2.24) is 5.32 Å². The number of hydrogen-bond acceptors (Lipinski definition) is 4. The number of rotatable bonds is 7. The van der Waals surface area contributed by atoms with E-state index in [2.05, 4.69) is 5.32 Å². The Balaban J connectivity index is 1.86. The first-order valence-corrected chi connectivity index (χ1v) is 8.94. The Morgan fingerprint density at radius 1 is 1.17 bits per heavy atom. The van der Waals surface area contributed by atoms with Crippen molar-refractivity contribution in [1.29, 1.82) is 0 Å². The van der Waals surface area contributed by atoms with Crippen LogP contribution in [0.4, 0.5) is 4.39 Å². The Labute approximate surface area is 140 Å². The Morgan fingerprint density at radius 2 is 1.88 bits per heavy atom. The molecule has 128 valence electrons. The van der Waals surface area contributed by atoms with Gasteiger partial charge in [0.25, 0.3) is 0 Å². The molecule has 0 radical (unpaired) electrons. The zero-order valence-corrected chi connectivity index (χ0v) is 14.0. The van der Waals surface area contributed by atoms with Gasteiger partial charge in [0, 0.05) is 6.54 Å². The third kappa shape index (κ3) is 4.79. The van der Waals surface area contributed by atoms with Gasteiger partial charge in [0.2, 0.25) is 5.91 Å². The number of halogens is 1. The summed E-state index contributed by atoms with van der Waals surface area (Å²) in [7, 11) is -2.08. The zero-order valence-electron chi connectivity index (χ0n) is 13.2. The Kier molecular flexibility index (Phi) is 5.92. The Hall–Kier alpha value is -2.41. The summed E-state index contributed by atoms with van der Waals surface area (Å²) in [5.41, 5.74) is 0.483. The van der Waals surface area contributed by atoms with E-state index in [-0.39, 0.29) is 35.3 Å². The number of nitrogens with one attached hydrogen (secondary N) is 1. The number of hydrogen-bond donors (Lipinski definition) is 1. The molecule has 0 unspecified atom stereocenters. The van der Waals surface area contributed by atoms with Crippen LogP contribution in [0, 0.1) is 5.82 Å². The van der Waals surface area contributed by atoms with Gasteiger partial charge in [-0.1, -0.05) is 24.3 Å². The minimum Gasteiger partial charge on any atom is -0.494 e. The van der Waals surface area contributed by atoms with E-state index < -0.39 is 15.7 Å². The second kappa shape index (κ2) is 7.92. The van der Waals surface area contributed by atoms with Gasteiger partial charge in [-0.15, -0.1) is 0 Å². The van der Waals surface area contributed by atoms with E-state index in [4.69, 9.17) is 4.74 Å². The van der Waals surface area contributed by atoms with Gasteiger partial charge in [0.05, 0.1) is 24.2 Å². The first kappa shape index (κ1) is 17.9. The third-order valence-corrected chi connectivity index (χ3v) is 5.11. The van der Waals surface area contributed by atoms with Gasteiger partial charge in [-0.2, -0.15) is 0 Å². The zero-order chi connectivity index (χ0) is 17.6. The predicted molar refractivity (Wildman–Crippen MR) is 88.2 cm³/mol. The van der Waals surface area contributed by atoms with Gasteiger partial charge < -0.3 is 10.1 Å². The maximum Gasteiger partial charge on any atom is 0.224 e. The van der Waals surface area contributed by atoms with Crippen molar-refractivity contribution in [3.8, 4) is 5.75 Å². The second-order valence-electron chi connectivity index (χ2n) is 5.13. The number of amides is 1. The Morgan fingerprint density at radius 3 is 2.50 bits per heavy atom. The van der Waals surface area contributed by atoms with E-state index >= 15 is 0 Å². The summed E-state index contributed by atoms with van der Waals surface area (Å²) in [6.07, 6.45) is -0.0354. The van der Waals surface area contributed by atoms with Crippen molar-refractivity contribution in [3.05, 3.63) is 59.9 Å². The maximum atomic E-state index is 13.6. The van der Waals surface area contributed by atoms with E-state index in [0.717, 1.165) is 0 Å². The average Bonchev–Trinajstić information content (AvgIpc) is 2.55. The highest BCUT2D eigenvalue weighted by atomic mass is 32.2. The van der Waals surface area contributed by atoms with Crippen LogP contribution in [0.15, 0.2) is 53.4 Å². The van der Waals surface area contributed by atoms with Gasteiger partial charge in [-0.05, 0) is 29.8 Å². The van der Waals surface area contributed by atoms with Crippen molar-refractivity contribution in [2.45, 2.75) is 11.3 Å². The van der Waals surface area contributed by atoms with Crippen molar-refractivity contribution < 1.29 is 22.3 Å². The molecular weight excluding hydrogens is 333 g/mol. The molecule has 0 heterocycles. The topological polar surface area (TPSA) is 72.5 Å². The molecule has 1 amide bonds. The molecule has 2 aromatic rings. The van der Waals surface area contributed by atoms with Crippen LogP contribution < -0.4 is 10.1 Å². The largest absolute Gasteiger partial charge is 0.494 e. The van der Waals surface area contributed by atoms with E-state index in [1.54, 1.807) is 24.3 Å². The van der Waals surface area contributed by atoms with Crippen LogP contribution in [0.25, 0.3) is 0 Å². The fourth-order valence-corrected chi connectivity index (χ4v) is 3.32. The minimum atomic E-state index is -3.44. The standard InChI is InChI=1S/C17H18FNO4S/c1-23-16-8-7-13(11-15(16)18)12-17(20)19-9-10-24(21,22)14-5-3-2-4-6-14/h2-8,11H,9-10,12H2,1H3,(H,19,20). The predicted octanol–water partition coefficient (Wildman–Crippen LogP) is 1.97. The van der Waals surface area contributed by atoms with E-state index in [0.29, 0.717) is 5.56 Å². The van der Waals surface area contributed by atoms with Gasteiger partial charge >= 0.3 is 0 Å². The summed E-state index contributed by atoms with van der Waals surface area (Å²) < 4.78 is 42.5. The lowest BCUT2D eigenvalue weighted by atomic mass is 10.1. The van der Waals surface area contributed by atoms with E-state index in [1.165, 1.54) is 31.4 Å². The monoisotopic (exact) mass is 351 g/mol. The summed E-state index contributed by atoms with van der Waals surface area (Å²) in [4.78, 5) is 12.1. The quantitative estimate of drug-likeness (QED) is 0.828. The molecule has 2 rings (SSSR count). The van der Waals surface area contributed by atoms with Crippen LogP contribution in [-0.2, 0) is 21.1 Å². The molecule has 0 spiro atoms. The van der Waals surface area contributed by atoms with Crippen LogP contribution in [-0.4, -0.2) is 33.7 Å². The van der Waals surface area contributed by atoms with Crippen molar-refractivity contribution in [3.63, 3.8) is 0 Å². The first-order chi connectivity index (χ1) is 11.4. The number of ether oxygens (including phenoxy) is 1. The van der Waals surface area contributed by atoms with Crippen LogP contribution in [0.5, 0.6) is 5.75 Å². The summed E-state index contributed by atoms with van der Waals surface area (Å²) >= 11 is 0. The van der Waals surface area contributed by atoms with Crippen molar-refractivity contribution in [2.24, 2.45) is 0 Å². The highest BCUT2D eigenvalue weighted by Gasteiger charge is 2.14. The molecule has 7 heteroatoms. The molecule has 0 fully saturated rings. The molecule has 2 aromatic carbocycles. The summed E-state index contributed by atoms with van der Waals surface area (Å²) in [6.45, 7) is -0.00526. The normalized spacial score (nSPS) is 11.1. The van der Waals surface area contributed by atoms with Gasteiger partial charge in [-0.3, -0.25) is 4.79 Å². The maximum absolute atomic E-state index is 13.6. The van der Waals surface area contributed by atoms with Crippen molar-refractivity contribution in [2.75, 3.05) is 19.4 Å². The molecule has 1 N–H and O–H groups in total. The highest BCUT2D eigenvalue weighted by Crippen LogP contribution is 2.17. The SMILES string of the molecule is COc1ccc(CC(=O)NCCS(=O)(=O)c2ccccc2)cc1F. The molecule has 0 aliphatic heterocycles. The van der Waals surface area contributed by atoms with Crippen LogP contribution in [0.1, 0.15) is 5.56 Å². The average molecular weight is 351 g/mol. The van der Waals surface area contributed by atoms with Crippen LogP contribution in [0.3, 0.4) is 0 Å². The molecule has 0 bridgehead atoms. The Bertz CT molecular complexity index is 807. The fraction of sp³-hybridized carbons (Fsp3) is 0.235. The molecular formula is C17H18FNO4S. The molecule has 0 aromatic heterocycles. The minimum absolute atomic E-state index is 0.00526. The molecule has 24 heavy (non-hydrogen) atoms. The lowest BCUT2D eigenvalue weighted by Gasteiger charge is -2.08. The second-order valence-corrected chi connectivity index (χ2v) is 7.24.